The summed E-state index contributed by atoms with van der Waals surface area (Å²) in [5.74, 6) is 0.874. The molecule has 0 atom stereocenters. The Labute approximate surface area is 171 Å². The third kappa shape index (κ3) is 6.74. The fraction of sp³-hybridized carbons (Fsp3) is 0.647. The third-order valence-corrected chi connectivity index (χ3v) is 5.27. The normalized spacial score (nSPS) is 14.6. The number of rotatable bonds is 6. The number of halogens is 1. The number of ether oxygens (including phenoxy) is 1. The number of methoxy groups -OCH3 is 1. The van der Waals surface area contributed by atoms with Gasteiger partial charge in [-0.3, -0.25) is 9.79 Å². The van der Waals surface area contributed by atoms with E-state index in [-0.39, 0.29) is 35.5 Å². The minimum absolute atomic E-state index is 0. The molecule has 0 bridgehead atoms. The van der Waals surface area contributed by atoms with Crippen LogP contribution in [0.2, 0.25) is 0 Å². The van der Waals surface area contributed by atoms with Gasteiger partial charge >= 0.3 is 0 Å². The molecule has 1 aromatic heterocycles. The van der Waals surface area contributed by atoms with Gasteiger partial charge < -0.3 is 20.3 Å². The van der Waals surface area contributed by atoms with Gasteiger partial charge in [0.15, 0.2) is 5.96 Å². The summed E-state index contributed by atoms with van der Waals surface area (Å²) in [6, 6.07) is 2.13. The lowest BCUT2D eigenvalue weighted by Crippen LogP contribution is -2.46. The van der Waals surface area contributed by atoms with Gasteiger partial charge in [-0.2, -0.15) is 0 Å². The highest BCUT2D eigenvalue weighted by Crippen LogP contribution is 2.24. The van der Waals surface area contributed by atoms with E-state index in [1.807, 2.05) is 18.7 Å². The van der Waals surface area contributed by atoms with Gasteiger partial charge in [-0.25, -0.2) is 0 Å². The van der Waals surface area contributed by atoms with Crippen LogP contribution in [0.3, 0.4) is 0 Å². The Hall–Kier alpha value is -0.870. The summed E-state index contributed by atoms with van der Waals surface area (Å²) in [6.45, 7) is 6.79. The summed E-state index contributed by atoms with van der Waals surface area (Å²) in [5, 5.41) is 8.51. The Kier molecular flexibility index (Phi) is 9.15. The van der Waals surface area contributed by atoms with Gasteiger partial charge in [-0.05, 0) is 37.3 Å². The van der Waals surface area contributed by atoms with Crippen molar-refractivity contribution in [3.8, 4) is 0 Å². The molecule has 0 fully saturated rings. The van der Waals surface area contributed by atoms with E-state index in [4.69, 9.17) is 4.74 Å². The molecule has 2 heterocycles. The molecule has 0 aliphatic carbocycles. The van der Waals surface area contributed by atoms with E-state index < -0.39 is 0 Å². The number of nitrogens with one attached hydrogen (secondary N) is 2. The lowest BCUT2D eigenvalue weighted by atomic mass is 10.1. The quantitative estimate of drug-likeness (QED) is 0.373. The Bertz CT molecular complexity index is 589. The molecular formula is C17H29IN4O2S. The highest BCUT2D eigenvalue weighted by Gasteiger charge is 2.21. The van der Waals surface area contributed by atoms with E-state index in [1.165, 1.54) is 10.4 Å². The molecular weight excluding hydrogens is 451 g/mol. The molecule has 0 radical (unpaired) electrons. The maximum absolute atomic E-state index is 12.4. The molecule has 25 heavy (non-hydrogen) atoms. The van der Waals surface area contributed by atoms with Gasteiger partial charge in [0.2, 0.25) is 5.91 Å². The van der Waals surface area contributed by atoms with Crippen molar-refractivity contribution in [3.63, 3.8) is 0 Å². The molecule has 1 amide bonds. The summed E-state index contributed by atoms with van der Waals surface area (Å²) in [5.41, 5.74) is 1.03. The molecule has 8 heteroatoms. The molecule has 2 N–H and O–H groups in total. The average Bonchev–Trinajstić information content (AvgIpc) is 3.05. The van der Waals surface area contributed by atoms with E-state index in [9.17, 15) is 4.79 Å². The largest absolute Gasteiger partial charge is 0.377 e. The molecule has 0 aromatic carbocycles. The molecule has 142 valence electrons. The number of hydrogen-bond acceptors (Lipinski definition) is 4. The summed E-state index contributed by atoms with van der Waals surface area (Å²) in [7, 11) is 3.41. The first-order valence-electron chi connectivity index (χ1n) is 8.28. The standard InChI is InChI=1S/C17H28N4O2S.HI/c1-17(2,23-4)12-20-16(18-3)19-8-5-15(22)21-9-6-14-13(11-21)7-10-24-14;/h7,10H,5-6,8-9,11-12H2,1-4H3,(H2,18,19,20);1H. The average molecular weight is 480 g/mol. The zero-order chi connectivity index (χ0) is 17.6. The second-order valence-electron chi connectivity index (χ2n) is 6.50. The number of nitrogens with zero attached hydrogens (tertiary/aromatic N) is 2. The van der Waals surface area contributed by atoms with Crippen molar-refractivity contribution in [1.29, 1.82) is 0 Å². The van der Waals surface area contributed by atoms with Crippen LogP contribution in [0.25, 0.3) is 0 Å². The Morgan fingerprint density at radius 2 is 2.20 bits per heavy atom. The van der Waals surface area contributed by atoms with Crippen LogP contribution < -0.4 is 10.6 Å². The molecule has 1 aliphatic heterocycles. The predicted octanol–water partition coefficient (Wildman–Crippen LogP) is 2.23. The minimum Gasteiger partial charge on any atom is -0.377 e. The predicted molar refractivity (Wildman–Crippen MR) is 114 cm³/mol. The van der Waals surface area contributed by atoms with Crippen molar-refractivity contribution >= 4 is 47.2 Å². The number of fused-ring (bicyclic) bond motifs is 1. The Morgan fingerprint density at radius 3 is 2.88 bits per heavy atom. The molecule has 0 spiro atoms. The summed E-state index contributed by atoms with van der Waals surface area (Å²) in [4.78, 5) is 19.9. The fourth-order valence-electron chi connectivity index (χ4n) is 2.50. The van der Waals surface area contributed by atoms with Crippen molar-refractivity contribution < 1.29 is 9.53 Å². The molecule has 2 rings (SSSR count). The second-order valence-corrected chi connectivity index (χ2v) is 7.50. The third-order valence-electron chi connectivity index (χ3n) is 4.25. The first-order chi connectivity index (χ1) is 11.4. The van der Waals surface area contributed by atoms with Crippen LogP contribution in [0.5, 0.6) is 0 Å². The molecule has 0 unspecified atom stereocenters. The van der Waals surface area contributed by atoms with Crippen molar-refractivity contribution in [2.24, 2.45) is 4.99 Å². The van der Waals surface area contributed by atoms with Crippen molar-refractivity contribution in [1.82, 2.24) is 15.5 Å². The van der Waals surface area contributed by atoms with Gasteiger partial charge in [-0.15, -0.1) is 35.3 Å². The van der Waals surface area contributed by atoms with Crippen LogP contribution in [0.15, 0.2) is 16.4 Å². The number of guanidine groups is 1. The van der Waals surface area contributed by atoms with Crippen LogP contribution in [0, 0.1) is 0 Å². The van der Waals surface area contributed by atoms with Crippen molar-refractivity contribution in [2.75, 3.05) is 33.8 Å². The lowest BCUT2D eigenvalue weighted by molar-refractivity contribution is -0.131. The highest BCUT2D eigenvalue weighted by molar-refractivity contribution is 14.0. The maximum atomic E-state index is 12.4. The van der Waals surface area contributed by atoms with E-state index in [2.05, 4.69) is 27.1 Å². The Balaban J connectivity index is 0.00000312. The first kappa shape index (κ1) is 22.2. The lowest BCUT2D eigenvalue weighted by Gasteiger charge is -2.27. The van der Waals surface area contributed by atoms with Crippen molar-refractivity contribution in [3.05, 3.63) is 21.9 Å². The summed E-state index contributed by atoms with van der Waals surface area (Å²) >= 11 is 1.79. The van der Waals surface area contributed by atoms with Gasteiger partial charge in [0.05, 0.1) is 5.60 Å². The SMILES string of the molecule is CN=C(NCCC(=O)N1CCc2sccc2C1)NCC(C)(C)OC.I. The smallest absolute Gasteiger partial charge is 0.224 e. The topological polar surface area (TPSA) is 66.0 Å². The molecule has 6 nitrogen and oxygen atoms in total. The molecule has 1 aromatic rings. The molecule has 0 saturated carbocycles. The summed E-state index contributed by atoms with van der Waals surface area (Å²) < 4.78 is 5.37. The van der Waals surface area contributed by atoms with E-state index in [0.717, 1.165) is 19.5 Å². The van der Waals surface area contributed by atoms with Crippen LogP contribution in [0.4, 0.5) is 0 Å². The number of hydrogen-bond donors (Lipinski definition) is 2. The van der Waals surface area contributed by atoms with Crippen LogP contribution >= 0.6 is 35.3 Å². The maximum Gasteiger partial charge on any atom is 0.224 e. The van der Waals surface area contributed by atoms with Gasteiger partial charge in [0, 0.05) is 51.6 Å². The Morgan fingerprint density at radius 1 is 1.44 bits per heavy atom. The number of carbonyl (C=O) groups excluding carboxylic acids is 1. The second kappa shape index (κ2) is 10.3. The number of carbonyl (C=O) groups is 1. The van der Waals surface area contributed by atoms with Crippen molar-refractivity contribution in [2.45, 2.75) is 38.8 Å². The minimum atomic E-state index is -0.264. The van der Waals surface area contributed by atoms with Crippen LogP contribution in [0.1, 0.15) is 30.7 Å². The zero-order valence-electron chi connectivity index (χ0n) is 15.4. The van der Waals surface area contributed by atoms with Crippen LogP contribution in [-0.4, -0.2) is 56.2 Å². The van der Waals surface area contributed by atoms with E-state index >= 15 is 0 Å². The number of thiophene rings is 1. The zero-order valence-corrected chi connectivity index (χ0v) is 18.6. The highest BCUT2D eigenvalue weighted by atomic mass is 127. The number of aliphatic imine (C=N–C) groups is 1. The molecule has 1 aliphatic rings. The van der Waals surface area contributed by atoms with Gasteiger partial charge in [0.25, 0.3) is 0 Å². The summed E-state index contributed by atoms with van der Waals surface area (Å²) in [6.07, 6.45) is 1.44. The fourth-order valence-corrected chi connectivity index (χ4v) is 3.39. The molecule has 0 saturated heterocycles. The van der Waals surface area contributed by atoms with Gasteiger partial charge in [0.1, 0.15) is 0 Å². The van der Waals surface area contributed by atoms with Gasteiger partial charge in [-0.1, -0.05) is 0 Å². The monoisotopic (exact) mass is 480 g/mol. The van der Waals surface area contributed by atoms with E-state index in [1.54, 1.807) is 25.5 Å². The van der Waals surface area contributed by atoms with Crippen LogP contribution in [-0.2, 0) is 22.5 Å². The number of amides is 1. The first-order valence-corrected chi connectivity index (χ1v) is 9.16. The van der Waals surface area contributed by atoms with E-state index in [0.29, 0.717) is 25.5 Å².